The predicted molar refractivity (Wildman–Crippen MR) is 91.5 cm³/mol. The van der Waals surface area contributed by atoms with E-state index in [9.17, 15) is 4.79 Å². The van der Waals surface area contributed by atoms with Gasteiger partial charge in [0.15, 0.2) is 0 Å². The molecule has 6 nitrogen and oxygen atoms in total. The molecule has 0 N–H and O–H groups in total. The van der Waals surface area contributed by atoms with Gasteiger partial charge in [0.1, 0.15) is 5.75 Å². The Morgan fingerprint density at radius 3 is 2.39 bits per heavy atom. The number of methoxy groups -OCH3 is 1. The van der Waals surface area contributed by atoms with Crippen LogP contribution < -0.4 is 9.64 Å². The van der Waals surface area contributed by atoms with Crippen LogP contribution in [0, 0.1) is 0 Å². The van der Waals surface area contributed by atoms with Crippen LogP contribution in [0.15, 0.2) is 46.4 Å². The number of piperazine rings is 1. The first-order chi connectivity index (χ1) is 11.1. The molecule has 2 heterocycles. The molecule has 23 heavy (non-hydrogen) atoms. The van der Waals surface area contributed by atoms with Crippen molar-refractivity contribution in [3.05, 3.63) is 36.4 Å². The van der Waals surface area contributed by atoms with Crippen LogP contribution in [0.25, 0.3) is 0 Å². The molecule has 1 aromatic rings. The van der Waals surface area contributed by atoms with E-state index in [2.05, 4.69) is 27.5 Å². The Balaban J connectivity index is 1.71. The smallest absolute Gasteiger partial charge is 0.281 e. The number of hydrogen-bond donors (Lipinski definition) is 0. The molecule has 0 atom stereocenters. The second kappa shape index (κ2) is 6.24. The van der Waals surface area contributed by atoms with Crippen LogP contribution in [0.1, 0.15) is 6.92 Å². The summed E-state index contributed by atoms with van der Waals surface area (Å²) in [4.78, 5) is 24.6. The average molecular weight is 312 g/mol. The standard InChI is InChI=1S/C17H20N4O2/c1-12-13(2)18-17(19-16(12)22)21-10-8-20(9-11-21)14-6-4-5-7-15(14)23-3/h4-7H,1,8-11H2,2-3H3. The van der Waals surface area contributed by atoms with Crippen LogP contribution in [0.2, 0.25) is 0 Å². The van der Waals surface area contributed by atoms with Crippen LogP contribution in [0.3, 0.4) is 0 Å². The maximum Gasteiger partial charge on any atom is 0.281 e. The van der Waals surface area contributed by atoms with Gasteiger partial charge in [-0.15, -0.1) is 0 Å². The first-order valence-corrected chi connectivity index (χ1v) is 7.60. The molecular formula is C17H20N4O2. The van der Waals surface area contributed by atoms with Gasteiger partial charge in [0, 0.05) is 26.2 Å². The van der Waals surface area contributed by atoms with Crippen molar-refractivity contribution in [2.45, 2.75) is 6.92 Å². The van der Waals surface area contributed by atoms with Crippen LogP contribution >= 0.6 is 0 Å². The lowest BCUT2D eigenvalue weighted by Gasteiger charge is -2.37. The Morgan fingerprint density at radius 2 is 1.74 bits per heavy atom. The van der Waals surface area contributed by atoms with Crippen LogP contribution in [0.4, 0.5) is 5.69 Å². The fourth-order valence-corrected chi connectivity index (χ4v) is 2.74. The number of para-hydroxylation sites is 2. The lowest BCUT2D eigenvalue weighted by atomic mass is 10.2. The molecule has 6 heteroatoms. The number of amides is 1. The monoisotopic (exact) mass is 312 g/mol. The number of carbonyl (C=O) groups is 1. The quantitative estimate of drug-likeness (QED) is 0.781. The van der Waals surface area contributed by atoms with Gasteiger partial charge in [0.25, 0.3) is 5.91 Å². The summed E-state index contributed by atoms with van der Waals surface area (Å²) in [5, 5.41) is 0. The van der Waals surface area contributed by atoms with Crippen molar-refractivity contribution in [3.63, 3.8) is 0 Å². The molecule has 0 saturated carbocycles. The van der Waals surface area contributed by atoms with Crippen LogP contribution in [0.5, 0.6) is 5.75 Å². The second-order valence-corrected chi connectivity index (χ2v) is 5.54. The summed E-state index contributed by atoms with van der Waals surface area (Å²) in [5.74, 6) is 1.08. The van der Waals surface area contributed by atoms with Gasteiger partial charge in [-0.2, -0.15) is 4.99 Å². The third kappa shape index (κ3) is 2.97. The summed E-state index contributed by atoms with van der Waals surface area (Å²) in [6.45, 7) is 8.65. The third-order valence-electron chi connectivity index (χ3n) is 4.15. The van der Waals surface area contributed by atoms with Crippen molar-refractivity contribution in [2.24, 2.45) is 9.98 Å². The molecule has 2 aliphatic heterocycles. The Bertz CT molecular complexity index is 700. The first kappa shape index (κ1) is 15.3. The average Bonchev–Trinajstić information content (AvgIpc) is 2.59. The molecule has 1 saturated heterocycles. The Hall–Kier alpha value is -2.63. The zero-order chi connectivity index (χ0) is 16.4. The summed E-state index contributed by atoms with van der Waals surface area (Å²) in [6, 6.07) is 7.99. The number of nitrogens with zero attached hydrogens (tertiary/aromatic N) is 4. The van der Waals surface area contributed by atoms with E-state index in [4.69, 9.17) is 4.74 Å². The normalized spacial score (nSPS) is 18.7. The number of anilines is 1. The van der Waals surface area contributed by atoms with Gasteiger partial charge in [0.05, 0.1) is 24.1 Å². The number of hydrogen-bond acceptors (Lipinski definition) is 5. The highest BCUT2D eigenvalue weighted by molar-refractivity contribution is 6.27. The molecule has 2 aliphatic rings. The van der Waals surface area contributed by atoms with E-state index in [0.717, 1.165) is 37.6 Å². The number of aliphatic imine (C=N–C) groups is 2. The van der Waals surface area contributed by atoms with Crippen LogP contribution in [-0.4, -0.2) is 55.8 Å². The highest BCUT2D eigenvalue weighted by Gasteiger charge is 2.25. The number of ether oxygens (including phenoxy) is 1. The molecule has 0 radical (unpaired) electrons. The molecule has 0 aliphatic carbocycles. The lowest BCUT2D eigenvalue weighted by Crippen LogP contribution is -2.49. The zero-order valence-corrected chi connectivity index (χ0v) is 13.5. The summed E-state index contributed by atoms with van der Waals surface area (Å²) in [7, 11) is 1.68. The minimum atomic E-state index is -0.292. The molecule has 0 aromatic heterocycles. The van der Waals surface area contributed by atoms with Crippen molar-refractivity contribution in [1.29, 1.82) is 0 Å². The van der Waals surface area contributed by atoms with Gasteiger partial charge in [-0.1, -0.05) is 18.7 Å². The van der Waals surface area contributed by atoms with E-state index in [-0.39, 0.29) is 5.91 Å². The maximum atomic E-state index is 11.8. The number of rotatable bonds is 2. The summed E-state index contributed by atoms with van der Waals surface area (Å²) < 4.78 is 5.43. The minimum Gasteiger partial charge on any atom is -0.495 e. The Kier molecular flexibility index (Phi) is 4.14. The maximum absolute atomic E-state index is 11.8. The summed E-state index contributed by atoms with van der Waals surface area (Å²) in [5.41, 5.74) is 2.11. The number of carbonyl (C=O) groups excluding carboxylic acids is 1. The van der Waals surface area contributed by atoms with E-state index >= 15 is 0 Å². The van der Waals surface area contributed by atoms with E-state index in [1.165, 1.54) is 0 Å². The fourth-order valence-electron chi connectivity index (χ4n) is 2.74. The molecule has 1 amide bonds. The predicted octanol–water partition coefficient (Wildman–Crippen LogP) is 1.73. The van der Waals surface area contributed by atoms with E-state index in [1.807, 2.05) is 23.1 Å². The van der Waals surface area contributed by atoms with Gasteiger partial charge in [0.2, 0.25) is 5.96 Å². The SMILES string of the molecule is C=C1C(=O)N=C(N2CCN(c3ccccc3OC)CC2)N=C1C. The topological polar surface area (TPSA) is 57.5 Å². The molecular weight excluding hydrogens is 292 g/mol. The molecule has 1 aromatic carbocycles. The van der Waals surface area contributed by atoms with E-state index in [0.29, 0.717) is 17.2 Å². The summed E-state index contributed by atoms with van der Waals surface area (Å²) >= 11 is 0. The van der Waals surface area contributed by atoms with E-state index < -0.39 is 0 Å². The zero-order valence-electron chi connectivity index (χ0n) is 13.5. The second-order valence-electron chi connectivity index (χ2n) is 5.54. The fraction of sp³-hybridized carbons (Fsp3) is 0.353. The molecule has 120 valence electrons. The first-order valence-electron chi connectivity index (χ1n) is 7.60. The van der Waals surface area contributed by atoms with Crippen molar-refractivity contribution < 1.29 is 9.53 Å². The third-order valence-corrected chi connectivity index (χ3v) is 4.15. The molecule has 0 spiro atoms. The van der Waals surface area contributed by atoms with Crippen LogP contribution in [-0.2, 0) is 4.79 Å². The van der Waals surface area contributed by atoms with Crippen molar-refractivity contribution in [3.8, 4) is 5.75 Å². The van der Waals surface area contributed by atoms with Crippen molar-refractivity contribution in [2.75, 3.05) is 38.2 Å². The lowest BCUT2D eigenvalue weighted by molar-refractivity contribution is -0.114. The number of benzene rings is 1. The van der Waals surface area contributed by atoms with Gasteiger partial charge in [-0.05, 0) is 19.1 Å². The van der Waals surface area contributed by atoms with Gasteiger partial charge in [-0.3, -0.25) is 4.79 Å². The minimum absolute atomic E-state index is 0.292. The highest BCUT2D eigenvalue weighted by atomic mass is 16.5. The van der Waals surface area contributed by atoms with E-state index in [1.54, 1.807) is 14.0 Å². The Morgan fingerprint density at radius 1 is 1.09 bits per heavy atom. The molecule has 0 bridgehead atoms. The van der Waals surface area contributed by atoms with Gasteiger partial charge in [-0.25, -0.2) is 4.99 Å². The largest absolute Gasteiger partial charge is 0.495 e. The molecule has 3 rings (SSSR count). The molecule has 1 fully saturated rings. The highest BCUT2D eigenvalue weighted by Crippen LogP contribution is 2.28. The summed E-state index contributed by atoms with van der Waals surface area (Å²) in [6.07, 6.45) is 0. The van der Waals surface area contributed by atoms with Crippen molar-refractivity contribution in [1.82, 2.24) is 4.90 Å². The van der Waals surface area contributed by atoms with Gasteiger partial charge < -0.3 is 14.5 Å². The molecule has 0 unspecified atom stereocenters. The number of guanidine groups is 1. The Labute approximate surface area is 135 Å². The van der Waals surface area contributed by atoms with Gasteiger partial charge >= 0.3 is 0 Å². The van der Waals surface area contributed by atoms with Crippen molar-refractivity contribution >= 4 is 23.3 Å².